The lowest BCUT2D eigenvalue weighted by atomic mass is 10.1. The van der Waals surface area contributed by atoms with Gasteiger partial charge in [-0.25, -0.2) is 10.1 Å². The summed E-state index contributed by atoms with van der Waals surface area (Å²) in [6.45, 7) is 4.27. The van der Waals surface area contributed by atoms with E-state index >= 15 is 0 Å². The monoisotopic (exact) mass is 460 g/mol. The van der Waals surface area contributed by atoms with Crippen molar-refractivity contribution in [3.05, 3.63) is 27.8 Å². The highest BCUT2D eigenvalue weighted by Gasteiger charge is 2.26. The smallest absolute Gasteiger partial charge is 0.293 e. The number of hydrogen-bond acceptors (Lipinski definition) is 12. The Hall–Kier alpha value is -3.85. The molecule has 1 amide bonds. The highest BCUT2D eigenvalue weighted by atomic mass is 16.6. The van der Waals surface area contributed by atoms with Crippen LogP contribution in [0.4, 0.5) is 23.0 Å². The minimum Gasteiger partial charge on any atom is -0.378 e. The Morgan fingerprint density at radius 1 is 1.15 bits per heavy atom. The molecule has 2 aromatic rings. The van der Waals surface area contributed by atoms with Crippen molar-refractivity contribution in [1.29, 1.82) is 0 Å². The summed E-state index contributed by atoms with van der Waals surface area (Å²) in [5, 5.41) is 26.3. The maximum Gasteiger partial charge on any atom is 0.293 e. The van der Waals surface area contributed by atoms with E-state index in [0.717, 1.165) is 10.4 Å². The van der Waals surface area contributed by atoms with Gasteiger partial charge in [0, 0.05) is 43.5 Å². The zero-order chi connectivity index (χ0) is 23.2. The lowest BCUT2D eigenvalue weighted by Crippen LogP contribution is -2.38. The molecule has 2 saturated heterocycles. The Balaban J connectivity index is 1.61. The van der Waals surface area contributed by atoms with E-state index in [2.05, 4.69) is 31.0 Å². The number of nitro groups is 1. The van der Waals surface area contributed by atoms with E-state index in [-0.39, 0.29) is 18.2 Å². The van der Waals surface area contributed by atoms with Crippen molar-refractivity contribution in [2.24, 2.45) is 5.10 Å². The van der Waals surface area contributed by atoms with E-state index in [1.165, 1.54) is 12.3 Å². The third-order valence-corrected chi connectivity index (χ3v) is 5.27. The molecule has 0 unspecified atom stereocenters. The molecule has 1 aromatic heterocycles. The van der Waals surface area contributed by atoms with Crippen LogP contribution in [0.25, 0.3) is 0 Å². The molecular weight excluding hydrogens is 436 g/mol. The second-order valence-electron chi connectivity index (χ2n) is 7.34. The number of anilines is 3. The minimum absolute atomic E-state index is 0.00180. The number of rotatable bonds is 7. The number of nitrogens with two attached hydrogens (primary N) is 1. The Kier molecular flexibility index (Phi) is 6.89. The van der Waals surface area contributed by atoms with Crippen LogP contribution in [0.3, 0.4) is 0 Å². The fourth-order valence-electron chi connectivity index (χ4n) is 3.64. The highest BCUT2D eigenvalue weighted by molar-refractivity contribution is 5.93. The maximum atomic E-state index is 12.1. The highest BCUT2D eigenvalue weighted by Crippen LogP contribution is 2.36. The van der Waals surface area contributed by atoms with Crippen molar-refractivity contribution in [2.75, 3.05) is 68.1 Å². The molecule has 15 nitrogen and oxygen atoms in total. The van der Waals surface area contributed by atoms with Gasteiger partial charge in [-0.1, -0.05) is 5.10 Å². The fraction of sp³-hybridized carbons (Fsp3) is 0.500. The first-order chi connectivity index (χ1) is 16.0. The molecule has 0 radical (unpaired) electrons. The average Bonchev–Trinajstić information content (AvgIpc) is 3.23. The predicted octanol–water partition coefficient (Wildman–Crippen LogP) is -1.01. The van der Waals surface area contributed by atoms with Crippen LogP contribution < -0.4 is 21.0 Å². The first-order valence-electron chi connectivity index (χ1n) is 10.3. The van der Waals surface area contributed by atoms with Crippen molar-refractivity contribution < 1.29 is 19.2 Å². The second kappa shape index (κ2) is 10.2. The van der Waals surface area contributed by atoms with E-state index < -0.39 is 10.8 Å². The summed E-state index contributed by atoms with van der Waals surface area (Å²) >= 11 is 0. The van der Waals surface area contributed by atoms with Gasteiger partial charge in [0.05, 0.1) is 37.6 Å². The number of nitrogens with zero attached hydrogens (tertiary/aromatic N) is 8. The molecule has 1 aromatic carbocycles. The molecule has 15 heteroatoms. The number of hydrazone groups is 1. The van der Waals surface area contributed by atoms with Gasteiger partial charge in [0.2, 0.25) is 5.95 Å². The summed E-state index contributed by atoms with van der Waals surface area (Å²) in [6, 6.07) is 3.28. The first kappa shape index (κ1) is 22.3. The summed E-state index contributed by atoms with van der Waals surface area (Å²) in [4.78, 5) is 27.6. The fourth-order valence-corrected chi connectivity index (χ4v) is 3.64. The van der Waals surface area contributed by atoms with Crippen LogP contribution in [0.2, 0.25) is 0 Å². The zero-order valence-electron chi connectivity index (χ0n) is 17.8. The number of ether oxygens (including phenoxy) is 2. The van der Waals surface area contributed by atoms with Crippen LogP contribution in [0.1, 0.15) is 5.56 Å². The molecule has 3 heterocycles. The van der Waals surface area contributed by atoms with Gasteiger partial charge in [0.15, 0.2) is 0 Å². The van der Waals surface area contributed by atoms with Gasteiger partial charge in [-0.15, -0.1) is 0 Å². The second-order valence-corrected chi connectivity index (χ2v) is 7.34. The largest absolute Gasteiger partial charge is 0.378 e. The topological polar surface area (TPSA) is 179 Å². The first-order valence-corrected chi connectivity index (χ1v) is 10.3. The number of nitrogen functional groups attached to an aromatic ring is 1. The van der Waals surface area contributed by atoms with Crippen LogP contribution in [0.5, 0.6) is 0 Å². The Bertz CT molecular complexity index is 1030. The molecule has 4 rings (SSSR count). The van der Waals surface area contributed by atoms with E-state index in [1.807, 2.05) is 4.90 Å². The number of benzene rings is 1. The van der Waals surface area contributed by atoms with Gasteiger partial charge >= 0.3 is 0 Å². The number of morpholine rings is 2. The number of aromatic nitrogens is 4. The number of nitrogens with one attached hydrogen (secondary N) is 1. The number of nitro benzene ring substituents is 1. The van der Waals surface area contributed by atoms with Crippen LogP contribution in [-0.2, 0) is 20.8 Å². The molecule has 0 saturated carbocycles. The predicted molar refractivity (Wildman–Crippen MR) is 117 cm³/mol. The van der Waals surface area contributed by atoms with Gasteiger partial charge in [-0.3, -0.25) is 14.9 Å². The van der Waals surface area contributed by atoms with Gasteiger partial charge in [0.25, 0.3) is 11.6 Å². The van der Waals surface area contributed by atoms with Crippen molar-refractivity contribution in [1.82, 2.24) is 25.6 Å². The lowest BCUT2D eigenvalue weighted by molar-refractivity contribution is -0.384. The number of carbonyl (C=O) groups excluding carboxylic acids is 1. The molecular formula is C18H24N10O5. The third kappa shape index (κ3) is 5.32. The van der Waals surface area contributed by atoms with E-state index in [1.54, 1.807) is 6.07 Å². The summed E-state index contributed by atoms with van der Waals surface area (Å²) in [5.74, 6) is -0.504. The van der Waals surface area contributed by atoms with Gasteiger partial charge in [-0.2, -0.15) is 5.10 Å². The molecule has 2 aliphatic rings. The molecule has 176 valence electrons. The Labute approximate surface area is 188 Å². The van der Waals surface area contributed by atoms with E-state index in [0.29, 0.717) is 63.9 Å². The Morgan fingerprint density at radius 2 is 1.79 bits per heavy atom. The van der Waals surface area contributed by atoms with Crippen molar-refractivity contribution in [3.8, 4) is 0 Å². The quantitative estimate of drug-likeness (QED) is 0.293. The SMILES string of the molecule is Nc1nnnn1CC(=O)N/N=C\c1cc([N+](=O)[O-])c(N2CCOCC2)cc1N1CCOCC1. The summed E-state index contributed by atoms with van der Waals surface area (Å²) in [6.07, 6.45) is 1.39. The summed E-state index contributed by atoms with van der Waals surface area (Å²) in [5.41, 5.74) is 9.68. The standard InChI is InChI=1S/C18H24N10O5/c19-18-22-23-24-27(18)12-17(29)21-20-11-13-9-16(28(30)31)15(26-3-7-33-8-4-26)10-14(13)25-1-5-32-6-2-25/h9-11H,1-8,12H2,(H,21,29)(H2,19,22,24)/b20-11-. The van der Waals surface area contributed by atoms with E-state index in [9.17, 15) is 14.9 Å². The number of amides is 1. The molecule has 33 heavy (non-hydrogen) atoms. The third-order valence-electron chi connectivity index (χ3n) is 5.27. The maximum absolute atomic E-state index is 12.1. The molecule has 3 N–H and O–H groups in total. The summed E-state index contributed by atoms with van der Waals surface area (Å²) in [7, 11) is 0. The molecule has 2 fully saturated rings. The molecule has 0 bridgehead atoms. The number of hydrogen-bond donors (Lipinski definition) is 2. The number of carbonyl (C=O) groups is 1. The van der Waals surface area contributed by atoms with Crippen molar-refractivity contribution in [3.63, 3.8) is 0 Å². The minimum atomic E-state index is -0.502. The van der Waals surface area contributed by atoms with Crippen molar-refractivity contribution >= 4 is 35.1 Å². The van der Waals surface area contributed by atoms with Crippen LogP contribution >= 0.6 is 0 Å². The zero-order valence-corrected chi connectivity index (χ0v) is 17.8. The van der Waals surface area contributed by atoms with Gasteiger partial charge in [0.1, 0.15) is 12.2 Å². The summed E-state index contributed by atoms with van der Waals surface area (Å²) < 4.78 is 12.0. The normalized spacial score (nSPS) is 16.8. The van der Waals surface area contributed by atoms with E-state index in [4.69, 9.17) is 15.2 Å². The van der Waals surface area contributed by atoms with Gasteiger partial charge in [-0.05, 0) is 16.5 Å². The van der Waals surface area contributed by atoms with Gasteiger partial charge < -0.3 is 25.0 Å². The number of tetrazole rings is 1. The molecule has 0 atom stereocenters. The van der Waals surface area contributed by atoms with Crippen LogP contribution in [0.15, 0.2) is 17.2 Å². The van der Waals surface area contributed by atoms with Crippen LogP contribution in [0, 0.1) is 10.1 Å². The van der Waals surface area contributed by atoms with Crippen molar-refractivity contribution in [2.45, 2.75) is 6.54 Å². The molecule has 0 aliphatic carbocycles. The Morgan fingerprint density at radius 3 is 2.36 bits per heavy atom. The average molecular weight is 460 g/mol. The van der Waals surface area contributed by atoms with Crippen LogP contribution in [-0.4, -0.2) is 89.9 Å². The molecule has 2 aliphatic heterocycles. The lowest BCUT2D eigenvalue weighted by Gasteiger charge is -2.33. The molecule has 0 spiro atoms.